The number of anilines is 2. The molecule has 5 nitrogen and oxygen atoms in total. The molecule has 1 saturated heterocycles. The predicted molar refractivity (Wildman–Crippen MR) is 123 cm³/mol. The number of amides is 2. The summed E-state index contributed by atoms with van der Waals surface area (Å²) in [5, 5.41) is 11.7. The minimum absolute atomic E-state index is 0.0887. The van der Waals surface area contributed by atoms with Gasteiger partial charge in [-0.1, -0.05) is 23.9 Å². The van der Waals surface area contributed by atoms with Gasteiger partial charge in [-0.05, 0) is 72.6 Å². The normalized spacial score (nSPS) is 16.8. The highest BCUT2D eigenvalue weighted by molar-refractivity contribution is 8.05. The second kappa shape index (κ2) is 9.85. The molecule has 1 unspecified atom stereocenters. The maximum absolute atomic E-state index is 13.5. The van der Waals surface area contributed by atoms with E-state index in [1.54, 1.807) is 12.1 Å². The quantitative estimate of drug-likeness (QED) is 0.405. The van der Waals surface area contributed by atoms with Crippen LogP contribution in [0, 0.1) is 28.8 Å². The summed E-state index contributed by atoms with van der Waals surface area (Å²) in [6.45, 7) is 0. The van der Waals surface area contributed by atoms with Crippen molar-refractivity contribution in [2.75, 3.05) is 10.2 Å². The fourth-order valence-electron chi connectivity index (χ4n) is 3.37. The molecule has 0 radical (unpaired) electrons. The van der Waals surface area contributed by atoms with Gasteiger partial charge in [0.15, 0.2) is 0 Å². The summed E-state index contributed by atoms with van der Waals surface area (Å²) in [5.41, 5.74) is 0.929. The van der Waals surface area contributed by atoms with E-state index in [1.807, 2.05) is 6.07 Å². The molecule has 0 aliphatic carbocycles. The Morgan fingerprint density at radius 3 is 2.00 bits per heavy atom. The molecule has 0 spiro atoms. The first-order chi connectivity index (χ1) is 16.4. The van der Waals surface area contributed by atoms with Gasteiger partial charge in [-0.3, -0.25) is 14.5 Å². The van der Waals surface area contributed by atoms with Crippen molar-refractivity contribution in [2.45, 2.75) is 11.7 Å². The highest BCUT2D eigenvalue weighted by atomic mass is 32.2. The SMILES string of the molecule is N#C/C(C(=O)Nc1ccc(F)cc1)=C1\SC(Cc2ccc(F)cc2)C(=O)N1c1ccc(F)cc1. The Morgan fingerprint density at radius 2 is 1.44 bits per heavy atom. The standard InChI is InChI=1S/C25H16F3N3O2S/c26-16-3-1-15(2-4-16)13-22-24(33)31(20-11-7-18(28)8-12-20)25(34-22)21(14-29)23(32)30-19-9-5-17(27)6-10-19/h1-12,22H,13H2,(H,30,32)/b25-21+. The second-order valence-electron chi connectivity index (χ2n) is 7.34. The van der Waals surface area contributed by atoms with Gasteiger partial charge in [0.1, 0.15) is 34.1 Å². The lowest BCUT2D eigenvalue weighted by Gasteiger charge is -2.18. The molecular weight excluding hydrogens is 463 g/mol. The minimum atomic E-state index is -0.779. The van der Waals surface area contributed by atoms with E-state index >= 15 is 0 Å². The zero-order valence-electron chi connectivity index (χ0n) is 17.5. The van der Waals surface area contributed by atoms with Crippen LogP contribution in [0.25, 0.3) is 0 Å². The topological polar surface area (TPSA) is 73.2 Å². The molecular formula is C25H16F3N3O2S. The maximum atomic E-state index is 13.5. The van der Waals surface area contributed by atoms with Crippen LogP contribution in [0.5, 0.6) is 0 Å². The average Bonchev–Trinajstić information content (AvgIpc) is 3.13. The largest absolute Gasteiger partial charge is 0.321 e. The molecule has 1 fully saturated rings. The van der Waals surface area contributed by atoms with Crippen molar-refractivity contribution in [3.8, 4) is 6.07 Å². The summed E-state index contributed by atoms with van der Waals surface area (Å²) in [4.78, 5) is 27.5. The van der Waals surface area contributed by atoms with Gasteiger partial charge in [0, 0.05) is 11.4 Å². The molecule has 1 atom stereocenters. The molecule has 0 bridgehead atoms. The Morgan fingerprint density at radius 1 is 0.912 bits per heavy atom. The molecule has 3 aromatic rings. The number of hydrogen-bond donors (Lipinski definition) is 1. The van der Waals surface area contributed by atoms with Crippen molar-refractivity contribution < 1.29 is 22.8 Å². The van der Waals surface area contributed by atoms with Gasteiger partial charge in [-0.2, -0.15) is 5.26 Å². The summed E-state index contributed by atoms with van der Waals surface area (Å²) >= 11 is 1.02. The first-order valence-corrected chi connectivity index (χ1v) is 11.0. The van der Waals surface area contributed by atoms with Gasteiger partial charge in [-0.15, -0.1) is 0 Å². The Kier molecular flexibility index (Phi) is 6.70. The minimum Gasteiger partial charge on any atom is -0.321 e. The van der Waals surface area contributed by atoms with Crippen LogP contribution in [0.3, 0.4) is 0 Å². The van der Waals surface area contributed by atoms with Gasteiger partial charge < -0.3 is 5.32 Å². The number of nitrogens with one attached hydrogen (secondary N) is 1. The van der Waals surface area contributed by atoms with E-state index in [-0.39, 0.29) is 28.4 Å². The number of hydrogen-bond acceptors (Lipinski definition) is 4. The van der Waals surface area contributed by atoms with Crippen molar-refractivity contribution in [3.05, 3.63) is 106 Å². The van der Waals surface area contributed by atoms with E-state index in [1.165, 1.54) is 53.4 Å². The molecule has 4 rings (SSSR count). The van der Waals surface area contributed by atoms with Crippen LogP contribution in [0.15, 0.2) is 83.4 Å². The van der Waals surface area contributed by atoms with Crippen molar-refractivity contribution in [1.29, 1.82) is 5.26 Å². The molecule has 3 aromatic carbocycles. The number of nitrogens with zero attached hydrogens (tertiary/aromatic N) is 2. The lowest BCUT2D eigenvalue weighted by molar-refractivity contribution is -0.117. The maximum Gasteiger partial charge on any atom is 0.269 e. The molecule has 0 saturated carbocycles. The summed E-state index contributed by atoms with van der Waals surface area (Å²) in [5.74, 6) is -2.59. The third-order valence-electron chi connectivity index (χ3n) is 5.03. The molecule has 1 heterocycles. The van der Waals surface area contributed by atoms with Crippen molar-refractivity contribution >= 4 is 35.0 Å². The summed E-state index contributed by atoms with van der Waals surface area (Å²) in [6, 6.07) is 17.6. The van der Waals surface area contributed by atoms with E-state index in [4.69, 9.17) is 0 Å². The molecule has 1 N–H and O–H groups in total. The Labute approximate surface area is 197 Å². The number of carbonyl (C=O) groups excluding carboxylic acids is 2. The van der Waals surface area contributed by atoms with Crippen LogP contribution >= 0.6 is 11.8 Å². The highest BCUT2D eigenvalue weighted by Crippen LogP contribution is 2.42. The van der Waals surface area contributed by atoms with Gasteiger partial charge in [0.25, 0.3) is 5.91 Å². The first kappa shape index (κ1) is 23.1. The fourth-order valence-corrected chi connectivity index (χ4v) is 4.68. The Bertz CT molecular complexity index is 1300. The highest BCUT2D eigenvalue weighted by Gasteiger charge is 2.40. The van der Waals surface area contributed by atoms with E-state index in [2.05, 4.69) is 5.32 Å². The van der Waals surface area contributed by atoms with Crippen molar-refractivity contribution in [2.24, 2.45) is 0 Å². The molecule has 9 heteroatoms. The van der Waals surface area contributed by atoms with Crippen LogP contribution in [-0.2, 0) is 16.0 Å². The van der Waals surface area contributed by atoms with Crippen molar-refractivity contribution in [3.63, 3.8) is 0 Å². The van der Waals surface area contributed by atoms with E-state index in [9.17, 15) is 28.0 Å². The molecule has 34 heavy (non-hydrogen) atoms. The average molecular weight is 479 g/mol. The third kappa shape index (κ3) is 4.97. The molecule has 1 aliphatic rings. The zero-order chi connectivity index (χ0) is 24.2. The summed E-state index contributed by atoms with van der Waals surface area (Å²) in [6.07, 6.45) is 0.225. The van der Waals surface area contributed by atoms with Crippen LogP contribution in [0.4, 0.5) is 24.5 Å². The first-order valence-electron chi connectivity index (χ1n) is 10.1. The van der Waals surface area contributed by atoms with Gasteiger partial charge in [-0.25, -0.2) is 13.2 Å². The van der Waals surface area contributed by atoms with E-state index in [0.29, 0.717) is 5.56 Å². The number of thioether (sulfide) groups is 1. The molecule has 170 valence electrons. The van der Waals surface area contributed by atoms with Gasteiger partial charge >= 0.3 is 0 Å². The van der Waals surface area contributed by atoms with Gasteiger partial charge in [0.05, 0.1) is 5.25 Å². The third-order valence-corrected chi connectivity index (χ3v) is 6.29. The molecule has 2 amide bonds. The molecule has 1 aliphatic heterocycles. The number of halogens is 3. The number of carbonyl (C=O) groups is 2. The zero-order valence-corrected chi connectivity index (χ0v) is 18.3. The lowest BCUT2D eigenvalue weighted by Crippen LogP contribution is -2.30. The smallest absolute Gasteiger partial charge is 0.269 e. The van der Waals surface area contributed by atoms with Crippen molar-refractivity contribution in [1.82, 2.24) is 0 Å². The fraction of sp³-hybridized carbons (Fsp3) is 0.0800. The van der Waals surface area contributed by atoms with E-state index in [0.717, 1.165) is 23.9 Å². The molecule has 0 aromatic heterocycles. The monoisotopic (exact) mass is 479 g/mol. The Hall–Kier alpha value is -4.03. The lowest BCUT2D eigenvalue weighted by atomic mass is 10.1. The Balaban J connectivity index is 1.71. The van der Waals surface area contributed by atoms with Crippen LogP contribution in [0.2, 0.25) is 0 Å². The second-order valence-corrected chi connectivity index (χ2v) is 8.53. The van der Waals surface area contributed by atoms with Crippen LogP contribution < -0.4 is 10.2 Å². The predicted octanol–water partition coefficient (Wildman–Crippen LogP) is 5.17. The summed E-state index contributed by atoms with van der Waals surface area (Å²) in [7, 11) is 0. The number of rotatable bonds is 5. The van der Waals surface area contributed by atoms with Crippen LogP contribution in [-0.4, -0.2) is 17.1 Å². The van der Waals surface area contributed by atoms with Crippen LogP contribution in [0.1, 0.15) is 5.56 Å². The number of benzene rings is 3. The number of nitriles is 1. The van der Waals surface area contributed by atoms with E-state index < -0.39 is 34.5 Å². The summed E-state index contributed by atoms with van der Waals surface area (Å²) < 4.78 is 40.0. The van der Waals surface area contributed by atoms with Gasteiger partial charge in [0.2, 0.25) is 5.91 Å².